The number of halogens is 1. The van der Waals surface area contributed by atoms with Crippen LogP contribution in [0.2, 0.25) is 0 Å². The summed E-state index contributed by atoms with van der Waals surface area (Å²) in [6.45, 7) is 7.61. The van der Waals surface area contributed by atoms with Crippen LogP contribution >= 0.6 is 24.0 Å². The van der Waals surface area contributed by atoms with E-state index in [4.69, 9.17) is 14.5 Å². The Morgan fingerprint density at radius 3 is 2.27 bits per heavy atom. The standard InChI is InChI=1S/C25H38N4O3.HI/c1-7-26-25(27-16-23(29(4)5)19-10-8-12-21(14-19)31-6)28-17-24(30)20-11-9-13-22(15-20)32-18(2)3;/h8-15,18,23-24,30H,7,16-17H2,1-6H3,(H2,26,27,28);1H. The zero-order valence-electron chi connectivity index (χ0n) is 20.5. The number of guanidine groups is 1. The van der Waals surface area contributed by atoms with Crippen LogP contribution in [0.5, 0.6) is 11.5 Å². The first-order chi connectivity index (χ1) is 15.3. The molecule has 0 aromatic heterocycles. The minimum Gasteiger partial charge on any atom is -0.497 e. The summed E-state index contributed by atoms with van der Waals surface area (Å²) in [5, 5.41) is 17.2. The van der Waals surface area contributed by atoms with Gasteiger partial charge < -0.3 is 30.1 Å². The molecule has 33 heavy (non-hydrogen) atoms. The van der Waals surface area contributed by atoms with Crippen molar-refractivity contribution in [3.63, 3.8) is 0 Å². The monoisotopic (exact) mass is 570 g/mol. The second-order valence-corrected chi connectivity index (χ2v) is 8.11. The third-order valence-corrected chi connectivity index (χ3v) is 4.95. The Balaban J connectivity index is 0.00000544. The SMILES string of the molecule is CCNC(=NCC(c1cccc(OC)c1)N(C)C)NCC(O)c1cccc(OC(C)C)c1.I. The van der Waals surface area contributed by atoms with E-state index in [0.29, 0.717) is 19.0 Å². The molecule has 0 radical (unpaired) electrons. The lowest BCUT2D eigenvalue weighted by Gasteiger charge is -2.24. The summed E-state index contributed by atoms with van der Waals surface area (Å²) in [7, 11) is 5.75. The molecule has 3 N–H and O–H groups in total. The van der Waals surface area contributed by atoms with E-state index in [1.807, 2.05) is 77.3 Å². The van der Waals surface area contributed by atoms with Crippen LogP contribution in [0.1, 0.15) is 44.0 Å². The topological polar surface area (TPSA) is 78.4 Å². The van der Waals surface area contributed by atoms with Gasteiger partial charge >= 0.3 is 0 Å². The molecule has 0 fully saturated rings. The number of likely N-dealkylation sites (N-methyl/N-ethyl adjacent to an activating group) is 1. The Bertz CT molecular complexity index is 861. The lowest BCUT2D eigenvalue weighted by molar-refractivity contribution is 0.179. The summed E-state index contributed by atoms with van der Waals surface area (Å²) in [6.07, 6.45) is -0.597. The van der Waals surface area contributed by atoms with E-state index in [1.165, 1.54) is 0 Å². The minimum absolute atomic E-state index is 0. The van der Waals surface area contributed by atoms with Gasteiger partial charge in [0.15, 0.2) is 5.96 Å². The lowest BCUT2D eigenvalue weighted by Crippen LogP contribution is -2.40. The number of aliphatic hydroxyl groups excluding tert-OH is 1. The molecule has 2 aromatic rings. The predicted octanol–water partition coefficient (Wildman–Crippen LogP) is 3.99. The molecule has 0 spiro atoms. The van der Waals surface area contributed by atoms with E-state index >= 15 is 0 Å². The van der Waals surface area contributed by atoms with Gasteiger partial charge in [0, 0.05) is 13.1 Å². The summed E-state index contributed by atoms with van der Waals surface area (Å²) >= 11 is 0. The Morgan fingerprint density at radius 1 is 1.03 bits per heavy atom. The molecule has 0 amide bonds. The predicted molar refractivity (Wildman–Crippen MR) is 146 cm³/mol. The van der Waals surface area contributed by atoms with E-state index in [-0.39, 0.29) is 36.1 Å². The number of hydrogen-bond acceptors (Lipinski definition) is 5. The molecule has 2 aromatic carbocycles. The van der Waals surface area contributed by atoms with Crippen molar-refractivity contribution in [3.05, 3.63) is 59.7 Å². The molecule has 0 aliphatic carbocycles. The fraction of sp³-hybridized carbons (Fsp3) is 0.480. The Labute approximate surface area is 215 Å². The van der Waals surface area contributed by atoms with Crippen LogP contribution in [0.3, 0.4) is 0 Å². The number of benzene rings is 2. The van der Waals surface area contributed by atoms with Crippen molar-refractivity contribution in [2.24, 2.45) is 4.99 Å². The second kappa shape index (κ2) is 15.0. The van der Waals surface area contributed by atoms with Gasteiger partial charge in [-0.3, -0.25) is 4.99 Å². The zero-order chi connectivity index (χ0) is 23.5. The highest BCUT2D eigenvalue weighted by Crippen LogP contribution is 2.23. The Morgan fingerprint density at radius 2 is 1.67 bits per heavy atom. The summed E-state index contributed by atoms with van der Waals surface area (Å²) in [6, 6.07) is 15.7. The number of ether oxygens (including phenoxy) is 2. The van der Waals surface area contributed by atoms with Crippen molar-refractivity contribution in [2.45, 2.75) is 39.0 Å². The smallest absolute Gasteiger partial charge is 0.191 e. The third-order valence-electron chi connectivity index (χ3n) is 4.95. The van der Waals surface area contributed by atoms with Gasteiger partial charge in [-0.25, -0.2) is 0 Å². The number of rotatable bonds is 11. The summed E-state index contributed by atoms with van der Waals surface area (Å²) in [4.78, 5) is 6.90. The fourth-order valence-corrected chi connectivity index (χ4v) is 3.31. The van der Waals surface area contributed by atoms with E-state index < -0.39 is 6.10 Å². The number of nitrogens with zero attached hydrogens (tertiary/aromatic N) is 2. The molecule has 0 aliphatic heterocycles. The van der Waals surface area contributed by atoms with Crippen LogP contribution in [0.4, 0.5) is 0 Å². The van der Waals surface area contributed by atoms with Crippen molar-refractivity contribution < 1.29 is 14.6 Å². The van der Waals surface area contributed by atoms with E-state index in [2.05, 4.69) is 21.6 Å². The molecule has 7 nitrogen and oxygen atoms in total. The van der Waals surface area contributed by atoms with Gasteiger partial charge in [0.05, 0.1) is 31.9 Å². The normalized spacial score (nSPS) is 13.3. The van der Waals surface area contributed by atoms with Gasteiger partial charge in [0.1, 0.15) is 11.5 Å². The third kappa shape index (κ3) is 9.77. The molecule has 2 unspecified atom stereocenters. The molecule has 184 valence electrons. The molecular weight excluding hydrogens is 531 g/mol. The first-order valence-corrected chi connectivity index (χ1v) is 11.1. The Kier molecular flexibility index (Phi) is 13.2. The number of methoxy groups -OCH3 is 1. The first-order valence-electron chi connectivity index (χ1n) is 11.1. The summed E-state index contributed by atoms with van der Waals surface area (Å²) in [5.74, 6) is 2.25. The van der Waals surface area contributed by atoms with E-state index in [9.17, 15) is 5.11 Å². The van der Waals surface area contributed by atoms with Crippen LogP contribution in [0.25, 0.3) is 0 Å². The minimum atomic E-state index is -0.683. The van der Waals surface area contributed by atoms with Crippen molar-refractivity contribution >= 4 is 29.9 Å². The fourth-order valence-electron chi connectivity index (χ4n) is 3.31. The second-order valence-electron chi connectivity index (χ2n) is 8.11. The molecule has 0 aliphatic rings. The zero-order valence-corrected chi connectivity index (χ0v) is 22.9. The molecule has 0 saturated heterocycles. The molecule has 2 atom stereocenters. The van der Waals surface area contributed by atoms with Crippen molar-refractivity contribution in [1.29, 1.82) is 0 Å². The van der Waals surface area contributed by atoms with Gasteiger partial charge in [-0.1, -0.05) is 24.3 Å². The van der Waals surface area contributed by atoms with Crippen molar-refractivity contribution in [1.82, 2.24) is 15.5 Å². The van der Waals surface area contributed by atoms with E-state index in [1.54, 1.807) is 7.11 Å². The van der Waals surface area contributed by atoms with Gasteiger partial charge in [0.25, 0.3) is 0 Å². The number of nitrogens with one attached hydrogen (secondary N) is 2. The van der Waals surface area contributed by atoms with Gasteiger partial charge in [-0.05, 0) is 70.3 Å². The molecule has 0 bridgehead atoms. The van der Waals surface area contributed by atoms with E-state index in [0.717, 1.165) is 29.2 Å². The first kappa shape index (κ1) is 29.0. The van der Waals surface area contributed by atoms with Gasteiger partial charge in [0.2, 0.25) is 0 Å². The Hall–Kier alpha value is -2.04. The summed E-state index contributed by atoms with van der Waals surface area (Å²) < 4.78 is 11.1. The molecule has 8 heteroatoms. The molecule has 2 rings (SSSR count). The highest BCUT2D eigenvalue weighted by molar-refractivity contribution is 14.0. The maximum atomic E-state index is 10.7. The van der Waals surface area contributed by atoms with Crippen LogP contribution in [-0.4, -0.2) is 62.9 Å². The highest BCUT2D eigenvalue weighted by atomic mass is 127. The van der Waals surface area contributed by atoms with Gasteiger partial charge in [-0.15, -0.1) is 24.0 Å². The maximum absolute atomic E-state index is 10.7. The maximum Gasteiger partial charge on any atom is 0.191 e. The molecule has 0 heterocycles. The lowest BCUT2D eigenvalue weighted by atomic mass is 10.1. The quantitative estimate of drug-likeness (QED) is 0.216. The van der Waals surface area contributed by atoms with Crippen LogP contribution < -0.4 is 20.1 Å². The van der Waals surface area contributed by atoms with Crippen LogP contribution in [-0.2, 0) is 0 Å². The largest absolute Gasteiger partial charge is 0.497 e. The number of aliphatic hydroxyl groups is 1. The number of hydrogen-bond donors (Lipinski definition) is 3. The summed E-state index contributed by atoms with van der Waals surface area (Å²) in [5.41, 5.74) is 1.94. The molecular formula is C25H39IN4O3. The number of aliphatic imine (C=N–C) groups is 1. The highest BCUT2D eigenvalue weighted by Gasteiger charge is 2.15. The van der Waals surface area contributed by atoms with Crippen LogP contribution in [0, 0.1) is 0 Å². The average molecular weight is 571 g/mol. The van der Waals surface area contributed by atoms with Crippen molar-refractivity contribution in [2.75, 3.05) is 40.8 Å². The van der Waals surface area contributed by atoms with Crippen molar-refractivity contribution in [3.8, 4) is 11.5 Å². The van der Waals surface area contributed by atoms with Crippen LogP contribution in [0.15, 0.2) is 53.5 Å². The van der Waals surface area contributed by atoms with Gasteiger partial charge in [-0.2, -0.15) is 0 Å². The average Bonchev–Trinajstić information content (AvgIpc) is 2.77. The molecule has 0 saturated carbocycles.